The zero-order chi connectivity index (χ0) is 16.2. The van der Waals surface area contributed by atoms with Crippen LogP contribution in [0.4, 0.5) is 0 Å². The first-order valence-electron chi connectivity index (χ1n) is 8.87. The van der Waals surface area contributed by atoms with E-state index in [2.05, 4.69) is 54.8 Å². The van der Waals surface area contributed by atoms with E-state index in [-0.39, 0.29) is 6.61 Å². The molecule has 2 aromatic carbocycles. The number of fused-ring (bicyclic) bond motifs is 3. The van der Waals surface area contributed by atoms with E-state index in [0.717, 1.165) is 12.1 Å². The molecule has 0 unspecified atom stereocenters. The molecule has 0 spiro atoms. The van der Waals surface area contributed by atoms with Crippen molar-refractivity contribution in [3.8, 4) is 0 Å². The summed E-state index contributed by atoms with van der Waals surface area (Å²) in [5.41, 5.74) is 4.82. The molecule has 2 heteroatoms. The molecule has 0 atom stereocenters. The molecule has 0 saturated carbocycles. The highest BCUT2D eigenvalue weighted by atomic mass is 16.3. The van der Waals surface area contributed by atoms with Gasteiger partial charge in [0.15, 0.2) is 0 Å². The van der Waals surface area contributed by atoms with E-state index < -0.39 is 0 Å². The molecule has 0 aliphatic rings. The van der Waals surface area contributed by atoms with Gasteiger partial charge in [-0.1, -0.05) is 50.8 Å². The Morgan fingerprint density at radius 3 is 2.48 bits per heavy atom. The van der Waals surface area contributed by atoms with Crippen LogP contribution in [0, 0.1) is 6.92 Å². The van der Waals surface area contributed by atoms with Crippen molar-refractivity contribution in [1.82, 2.24) is 4.57 Å². The summed E-state index contributed by atoms with van der Waals surface area (Å²) in [6, 6.07) is 13.0. The number of unbranched alkanes of at least 4 members (excludes halogenated alkanes) is 4. The normalized spacial score (nSPS) is 11.6. The van der Waals surface area contributed by atoms with Gasteiger partial charge in [-0.05, 0) is 42.7 Å². The molecular weight excluding hydrogens is 282 g/mol. The minimum absolute atomic E-state index is 0.109. The van der Waals surface area contributed by atoms with E-state index in [1.165, 1.54) is 59.5 Å². The van der Waals surface area contributed by atoms with Crippen molar-refractivity contribution in [3.63, 3.8) is 0 Å². The van der Waals surface area contributed by atoms with Crippen LogP contribution in [0.2, 0.25) is 0 Å². The highest BCUT2D eigenvalue weighted by Gasteiger charge is 2.12. The average molecular weight is 309 g/mol. The third-order valence-corrected chi connectivity index (χ3v) is 4.89. The molecule has 1 N–H and O–H groups in total. The number of benzene rings is 2. The number of para-hydroxylation sites is 1. The maximum absolute atomic E-state index is 9.57. The van der Waals surface area contributed by atoms with Gasteiger partial charge >= 0.3 is 0 Å². The zero-order valence-electron chi connectivity index (χ0n) is 14.3. The van der Waals surface area contributed by atoms with Gasteiger partial charge in [0.05, 0.1) is 6.61 Å². The number of aryl methyl sites for hydroxylation is 2. The Labute approximate surface area is 138 Å². The molecule has 0 saturated heterocycles. The lowest BCUT2D eigenvalue weighted by atomic mass is 10.0. The summed E-state index contributed by atoms with van der Waals surface area (Å²) >= 11 is 0. The van der Waals surface area contributed by atoms with E-state index >= 15 is 0 Å². The maximum atomic E-state index is 9.57. The predicted molar refractivity (Wildman–Crippen MR) is 98.9 cm³/mol. The smallest absolute Gasteiger partial charge is 0.0684 e. The summed E-state index contributed by atoms with van der Waals surface area (Å²) in [7, 11) is 0. The predicted octanol–water partition coefficient (Wildman–Crippen LogP) is 5.57. The molecular formula is C21H27NO. The second kappa shape index (κ2) is 7.18. The van der Waals surface area contributed by atoms with Gasteiger partial charge in [0.1, 0.15) is 0 Å². The number of aliphatic hydroxyl groups excluding tert-OH is 1. The molecule has 0 aliphatic carbocycles. The van der Waals surface area contributed by atoms with E-state index in [1.807, 2.05) is 0 Å². The van der Waals surface area contributed by atoms with Gasteiger partial charge in [0, 0.05) is 28.4 Å². The van der Waals surface area contributed by atoms with Crippen LogP contribution in [0.15, 0.2) is 36.4 Å². The first-order valence-corrected chi connectivity index (χ1v) is 8.87. The van der Waals surface area contributed by atoms with Crippen molar-refractivity contribution in [2.75, 3.05) is 0 Å². The fraction of sp³-hybridized carbons (Fsp3) is 0.429. The third kappa shape index (κ3) is 3.13. The Morgan fingerprint density at radius 2 is 1.70 bits per heavy atom. The second-order valence-electron chi connectivity index (χ2n) is 6.54. The van der Waals surface area contributed by atoms with Crippen LogP contribution in [-0.2, 0) is 13.2 Å². The molecule has 2 nitrogen and oxygen atoms in total. The topological polar surface area (TPSA) is 25.2 Å². The number of rotatable bonds is 7. The highest BCUT2D eigenvalue weighted by molar-refractivity contribution is 6.08. The Kier molecular flexibility index (Phi) is 5.02. The lowest BCUT2D eigenvalue weighted by molar-refractivity contribution is 0.281. The Balaban J connectivity index is 2.01. The van der Waals surface area contributed by atoms with Crippen LogP contribution in [0.25, 0.3) is 21.8 Å². The van der Waals surface area contributed by atoms with Gasteiger partial charge in [-0.15, -0.1) is 0 Å². The van der Waals surface area contributed by atoms with Gasteiger partial charge in [-0.2, -0.15) is 0 Å². The first kappa shape index (κ1) is 16.1. The number of aliphatic hydroxyl groups is 1. The van der Waals surface area contributed by atoms with Crippen LogP contribution < -0.4 is 0 Å². The van der Waals surface area contributed by atoms with Crippen molar-refractivity contribution >= 4 is 21.8 Å². The largest absolute Gasteiger partial charge is 0.392 e. The van der Waals surface area contributed by atoms with Crippen LogP contribution in [0.3, 0.4) is 0 Å². The Hall–Kier alpha value is -1.80. The van der Waals surface area contributed by atoms with E-state index in [4.69, 9.17) is 0 Å². The maximum Gasteiger partial charge on any atom is 0.0684 e. The lowest BCUT2D eigenvalue weighted by Crippen LogP contribution is -1.98. The average Bonchev–Trinajstić information content (AvgIpc) is 2.87. The fourth-order valence-corrected chi connectivity index (χ4v) is 3.53. The van der Waals surface area contributed by atoms with E-state index in [0.29, 0.717) is 0 Å². The Bertz CT molecular complexity index is 800. The van der Waals surface area contributed by atoms with Gasteiger partial charge in [0.2, 0.25) is 0 Å². The van der Waals surface area contributed by atoms with Crippen molar-refractivity contribution in [2.24, 2.45) is 0 Å². The lowest BCUT2D eigenvalue weighted by Gasteiger charge is -2.09. The first-order chi connectivity index (χ1) is 11.3. The summed E-state index contributed by atoms with van der Waals surface area (Å²) in [4.78, 5) is 0. The van der Waals surface area contributed by atoms with Crippen molar-refractivity contribution < 1.29 is 5.11 Å². The SMILES string of the molecule is CCCCCCCn1c2ccccc2c2cc(CO)c(C)cc21. The molecule has 0 aliphatic heterocycles. The van der Waals surface area contributed by atoms with Crippen molar-refractivity contribution in [3.05, 3.63) is 47.5 Å². The molecule has 23 heavy (non-hydrogen) atoms. The summed E-state index contributed by atoms with van der Waals surface area (Å²) in [6.07, 6.45) is 6.50. The standard InChI is InChI=1S/C21H27NO/c1-3-4-5-6-9-12-22-20-11-8-7-10-18(20)19-14-17(15-23)16(2)13-21(19)22/h7-8,10-11,13-14,23H,3-6,9,12,15H2,1-2H3. The number of hydrogen-bond donors (Lipinski definition) is 1. The monoisotopic (exact) mass is 309 g/mol. The van der Waals surface area contributed by atoms with Gasteiger partial charge in [-0.25, -0.2) is 0 Å². The summed E-state index contributed by atoms with van der Waals surface area (Å²) in [5.74, 6) is 0. The van der Waals surface area contributed by atoms with Crippen molar-refractivity contribution in [2.45, 2.75) is 59.1 Å². The molecule has 122 valence electrons. The molecule has 1 heterocycles. The van der Waals surface area contributed by atoms with Crippen LogP contribution in [-0.4, -0.2) is 9.67 Å². The molecule has 3 rings (SSSR count). The third-order valence-electron chi connectivity index (χ3n) is 4.89. The zero-order valence-corrected chi connectivity index (χ0v) is 14.3. The Morgan fingerprint density at radius 1 is 0.913 bits per heavy atom. The highest BCUT2D eigenvalue weighted by Crippen LogP contribution is 2.31. The van der Waals surface area contributed by atoms with E-state index in [9.17, 15) is 5.11 Å². The molecule has 0 amide bonds. The molecule has 0 radical (unpaired) electrons. The van der Waals surface area contributed by atoms with Gasteiger partial charge in [-0.3, -0.25) is 0 Å². The molecule has 0 bridgehead atoms. The quantitative estimate of drug-likeness (QED) is 0.567. The number of aromatic nitrogens is 1. The van der Waals surface area contributed by atoms with E-state index in [1.54, 1.807) is 0 Å². The molecule has 1 aromatic heterocycles. The van der Waals surface area contributed by atoms with Gasteiger partial charge < -0.3 is 9.67 Å². The molecule has 0 fully saturated rings. The van der Waals surface area contributed by atoms with Gasteiger partial charge in [0.25, 0.3) is 0 Å². The van der Waals surface area contributed by atoms with Crippen molar-refractivity contribution in [1.29, 1.82) is 0 Å². The summed E-state index contributed by atoms with van der Waals surface area (Å²) < 4.78 is 2.46. The minimum atomic E-state index is 0.109. The fourth-order valence-electron chi connectivity index (χ4n) is 3.53. The minimum Gasteiger partial charge on any atom is -0.392 e. The molecule has 3 aromatic rings. The van der Waals surface area contributed by atoms with Crippen LogP contribution in [0.5, 0.6) is 0 Å². The number of nitrogens with zero attached hydrogens (tertiary/aromatic N) is 1. The van der Waals surface area contributed by atoms with Crippen LogP contribution >= 0.6 is 0 Å². The summed E-state index contributed by atoms with van der Waals surface area (Å²) in [5, 5.41) is 12.1. The second-order valence-corrected chi connectivity index (χ2v) is 6.54. The van der Waals surface area contributed by atoms with Crippen LogP contribution in [0.1, 0.15) is 50.2 Å². The summed E-state index contributed by atoms with van der Waals surface area (Å²) in [6.45, 7) is 5.53. The number of hydrogen-bond acceptors (Lipinski definition) is 1.